The van der Waals surface area contributed by atoms with Gasteiger partial charge in [0.1, 0.15) is 5.75 Å². The number of methoxy groups -OCH3 is 1. The van der Waals surface area contributed by atoms with E-state index < -0.39 is 0 Å². The minimum atomic E-state index is -0.243. The molecule has 4 heteroatoms. The molecule has 0 aliphatic carbocycles. The number of nitrogens with zero attached hydrogens (tertiary/aromatic N) is 1. The third-order valence-electron chi connectivity index (χ3n) is 3.44. The Morgan fingerprint density at radius 3 is 2.32 bits per heavy atom. The summed E-state index contributed by atoms with van der Waals surface area (Å²) in [6.07, 6.45) is 0. The number of aliphatic hydroxyl groups is 2. The van der Waals surface area contributed by atoms with Gasteiger partial charge in [-0.2, -0.15) is 0 Å². The van der Waals surface area contributed by atoms with Gasteiger partial charge in [-0.1, -0.05) is 26.0 Å². The Labute approximate surface area is 115 Å². The fourth-order valence-electron chi connectivity index (χ4n) is 2.02. The lowest BCUT2D eigenvalue weighted by Crippen LogP contribution is -2.37. The molecule has 108 valence electrons. The number of benzene rings is 1. The first kappa shape index (κ1) is 16.0. The average Bonchev–Trinajstić information content (AvgIpc) is 2.39. The van der Waals surface area contributed by atoms with E-state index in [1.807, 2.05) is 18.0 Å². The maximum absolute atomic E-state index is 9.21. The zero-order valence-corrected chi connectivity index (χ0v) is 12.3. The molecular formula is C15H25NO3. The molecule has 0 saturated carbocycles. The van der Waals surface area contributed by atoms with Crippen molar-refractivity contribution in [1.82, 2.24) is 4.90 Å². The summed E-state index contributed by atoms with van der Waals surface area (Å²) in [7, 11) is 3.54. The third kappa shape index (κ3) is 4.20. The second-order valence-corrected chi connectivity index (χ2v) is 5.16. The normalized spacial score (nSPS) is 11.6. The molecule has 0 radical (unpaired) electrons. The molecule has 1 rings (SSSR count). The lowest BCUT2D eigenvalue weighted by atomic mass is 10.00. The minimum absolute atomic E-state index is 0.0564. The molecule has 0 spiro atoms. The quantitative estimate of drug-likeness (QED) is 0.788. The predicted molar refractivity (Wildman–Crippen MR) is 76.5 cm³/mol. The molecule has 0 amide bonds. The van der Waals surface area contributed by atoms with E-state index in [1.54, 1.807) is 7.11 Å². The number of likely N-dealkylation sites (N-methyl/N-ethyl adjacent to an activating group) is 1. The Balaban J connectivity index is 2.94. The second-order valence-electron chi connectivity index (χ2n) is 5.16. The molecule has 0 bridgehead atoms. The van der Waals surface area contributed by atoms with Crippen LogP contribution in [0.1, 0.15) is 30.9 Å². The van der Waals surface area contributed by atoms with Crippen molar-refractivity contribution in [1.29, 1.82) is 0 Å². The molecule has 2 N–H and O–H groups in total. The standard InChI is InChI=1S/C15H25NO3/c1-11(2)12-5-6-15(19-4)13(7-12)8-16(3)14(9-17)10-18/h5-7,11,14,17-18H,8-10H2,1-4H3. The van der Waals surface area contributed by atoms with Gasteiger partial charge in [0.05, 0.1) is 26.4 Å². The van der Waals surface area contributed by atoms with Gasteiger partial charge in [-0.3, -0.25) is 4.90 Å². The summed E-state index contributed by atoms with van der Waals surface area (Å²) in [5.74, 6) is 1.30. The first-order valence-electron chi connectivity index (χ1n) is 6.62. The first-order chi connectivity index (χ1) is 9.03. The maximum Gasteiger partial charge on any atom is 0.123 e. The molecule has 0 aliphatic heterocycles. The van der Waals surface area contributed by atoms with E-state index in [2.05, 4.69) is 26.0 Å². The van der Waals surface area contributed by atoms with Crippen LogP contribution in [0.25, 0.3) is 0 Å². The van der Waals surface area contributed by atoms with E-state index in [-0.39, 0.29) is 19.3 Å². The number of rotatable bonds is 7. The van der Waals surface area contributed by atoms with E-state index in [0.29, 0.717) is 12.5 Å². The van der Waals surface area contributed by atoms with Crippen molar-refractivity contribution in [2.75, 3.05) is 27.4 Å². The van der Waals surface area contributed by atoms with Gasteiger partial charge in [0.25, 0.3) is 0 Å². The lowest BCUT2D eigenvalue weighted by molar-refractivity contribution is 0.0868. The molecule has 0 aliphatic rings. The summed E-state index contributed by atoms with van der Waals surface area (Å²) < 4.78 is 5.38. The van der Waals surface area contributed by atoms with Crippen molar-refractivity contribution in [3.8, 4) is 5.75 Å². The second kappa shape index (κ2) is 7.48. The fourth-order valence-corrected chi connectivity index (χ4v) is 2.02. The Kier molecular flexibility index (Phi) is 6.28. The highest BCUT2D eigenvalue weighted by molar-refractivity contribution is 5.38. The van der Waals surface area contributed by atoms with Gasteiger partial charge in [-0.15, -0.1) is 0 Å². The summed E-state index contributed by atoms with van der Waals surface area (Å²) in [6.45, 7) is 4.83. The van der Waals surface area contributed by atoms with Crippen LogP contribution in [0.3, 0.4) is 0 Å². The van der Waals surface area contributed by atoms with Crippen molar-refractivity contribution in [3.63, 3.8) is 0 Å². The molecular weight excluding hydrogens is 242 g/mol. The van der Waals surface area contributed by atoms with Gasteiger partial charge >= 0.3 is 0 Å². The molecule has 0 atom stereocenters. The van der Waals surface area contributed by atoms with Crippen molar-refractivity contribution in [2.45, 2.75) is 32.4 Å². The van der Waals surface area contributed by atoms with E-state index in [0.717, 1.165) is 11.3 Å². The van der Waals surface area contributed by atoms with Gasteiger partial charge in [0.2, 0.25) is 0 Å². The van der Waals surface area contributed by atoms with Crippen LogP contribution in [0.2, 0.25) is 0 Å². The smallest absolute Gasteiger partial charge is 0.123 e. The van der Waals surface area contributed by atoms with Crippen LogP contribution in [-0.4, -0.2) is 48.5 Å². The van der Waals surface area contributed by atoms with E-state index >= 15 is 0 Å². The van der Waals surface area contributed by atoms with Crippen LogP contribution in [0.15, 0.2) is 18.2 Å². The van der Waals surface area contributed by atoms with Crippen LogP contribution < -0.4 is 4.74 Å². The molecule has 0 fully saturated rings. The number of aliphatic hydroxyl groups excluding tert-OH is 2. The summed E-state index contributed by atoms with van der Waals surface area (Å²) in [4.78, 5) is 1.93. The Morgan fingerprint density at radius 2 is 1.84 bits per heavy atom. The maximum atomic E-state index is 9.21. The Morgan fingerprint density at radius 1 is 1.21 bits per heavy atom. The highest BCUT2D eigenvalue weighted by Gasteiger charge is 2.15. The lowest BCUT2D eigenvalue weighted by Gasteiger charge is -2.25. The average molecular weight is 267 g/mol. The van der Waals surface area contributed by atoms with Gasteiger partial charge in [-0.05, 0) is 24.6 Å². The highest BCUT2D eigenvalue weighted by Crippen LogP contribution is 2.25. The van der Waals surface area contributed by atoms with Crippen molar-refractivity contribution in [3.05, 3.63) is 29.3 Å². The first-order valence-corrected chi connectivity index (χ1v) is 6.62. The number of hydrogen-bond donors (Lipinski definition) is 2. The van der Waals surface area contributed by atoms with E-state index in [4.69, 9.17) is 4.74 Å². The molecule has 0 heterocycles. The van der Waals surface area contributed by atoms with E-state index in [1.165, 1.54) is 5.56 Å². The van der Waals surface area contributed by atoms with Crippen molar-refractivity contribution >= 4 is 0 Å². The largest absolute Gasteiger partial charge is 0.496 e. The van der Waals surface area contributed by atoms with Crippen molar-refractivity contribution < 1.29 is 14.9 Å². The predicted octanol–water partition coefficient (Wildman–Crippen LogP) is 1.60. The summed E-state index contributed by atoms with van der Waals surface area (Å²) in [5.41, 5.74) is 2.33. The van der Waals surface area contributed by atoms with Gasteiger partial charge in [0.15, 0.2) is 0 Å². The van der Waals surface area contributed by atoms with Crippen LogP contribution >= 0.6 is 0 Å². The topological polar surface area (TPSA) is 52.9 Å². The molecule has 0 saturated heterocycles. The number of ether oxygens (including phenoxy) is 1. The molecule has 0 unspecified atom stereocenters. The Bertz CT molecular complexity index is 389. The zero-order valence-electron chi connectivity index (χ0n) is 12.3. The number of hydrogen-bond acceptors (Lipinski definition) is 4. The summed E-state index contributed by atoms with van der Waals surface area (Å²) in [5, 5.41) is 18.4. The zero-order chi connectivity index (χ0) is 14.4. The summed E-state index contributed by atoms with van der Waals surface area (Å²) >= 11 is 0. The molecule has 1 aromatic rings. The van der Waals surface area contributed by atoms with Crippen LogP contribution in [-0.2, 0) is 6.54 Å². The van der Waals surface area contributed by atoms with Crippen LogP contribution in [0, 0.1) is 0 Å². The van der Waals surface area contributed by atoms with Crippen molar-refractivity contribution in [2.24, 2.45) is 0 Å². The molecule has 0 aromatic heterocycles. The Hall–Kier alpha value is -1.10. The van der Waals surface area contributed by atoms with Crippen LogP contribution in [0.5, 0.6) is 5.75 Å². The molecule has 19 heavy (non-hydrogen) atoms. The SMILES string of the molecule is COc1ccc(C(C)C)cc1CN(C)C(CO)CO. The fraction of sp³-hybridized carbons (Fsp3) is 0.600. The van der Waals surface area contributed by atoms with Crippen LogP contribution in [0.4, 0.5) is 0 Å². The third-order valence-corrected chi connectivity index (χ3v) is 3.44. The van der Waals surface area contributed by atoms with Gasteiger partial charge in [0, 0.05) is 12.1 Å². The minimum Gasteiger partial charge on any atom is -0.496 e. The monoisotopic (exact) mass is 267 g/mol. The van der Waals surface area contributed by atoms with Gasteiger partial charge in [-0.25, -0.2) is 0 Å². The van der Waals surface area contributed by atoms with Gasteiger partial charge < -0.3 is 14.9 Å². The van der Waals surface area contributed by atoms with E-state index in [9.17, 15) is 10.2 Å². The summed E-state index contributed by atoms with van der Waals surface area (Å²) in [6, 6.07) is 5.94. The molecule has 4 nitrogen and oxygen atoms in total. The highest BCUT2D eigenvalue weighted by atomic mass is 16.5. The molecule has 1 aromatic carbocycles.